The highest BCUT2D eigenvalue weighted by Gasteiger charge is 2.31. The number of nitrogens with one attached hydrogen (secondary N) is 1. The summed E-state index contributed by atoms with van der Waals surface area (Å²) in [5.41, 5.74) is 7.76. The van der Waals surface area contributed by atoms with E-state index in [1.54, 1.807) is 0 Å². The summed E-state index contributed by atoms with van der Waals surface area (Å²) in [6.07, 6.45) is 2.62. The normalized spacial score (nSPS) is 18.9. The van der Waals surface area contributed by atoms with Crippen LogP contribution in [0.5, 0.6) is 0 Å². The van der Waals surface area contributed by atoms with Gasteiger partial charge in [-0.2, -0.15) is 17.0 Å². The number of nitriles is 1. The molecule has 1 aliphatic rings. The highest BCUT2D eigenvalue weighted by atomic mass is 32.2. The first kappa shape index (κ1) is 12.2. The third-order valence-corrected chi connectivity index (χ3v) is 3.51. The van der Waals surface area contributed by atoms with E-state index in [0.717, 1.165) is 37.3 Å². The van der Waals surface area contributed by atoms with Gasteiger partial charge in [0, 0.05) is 11.5 Å². The fourth-order valence-corrected chi connectivity index (χ4v) is 2.76. The molecule has 1 rings (SSSR count). The molecule has 0 atom stereocenters. The van der Waals surface area contributed by atoms with Crippen LogP contribution in [0, 0.1) is 11.3 Å². The summed E-state index contributed by atoms with van der Waals surface area (Å²) in [6, 6.07) is 2.38. The van der Waals surface area contributed by atoms with Gasteiger partial charge in [-0.25, -0.2) is 0 Å². The maximum atomic E-state index is 9.14. The van der Waals surface area contributed by atoms with Crippen molar-refractivity contribution in [1.82, 2.24) is 5.32 Å². The number of rotatable bonds is 5. The molecule has 0 aromatic carbocycles. The van der Waals surface area contributed by atoms with E-state index >= 15 is 0 Å². The van der Waals surface area contributed by atoms with E-state index in [1.807, 2.05) is 11.8 Å². The van der Waals surface area contributed by atoms with Crippen molar-refractivity contribution in [3.05, 3.63) is 10.4 Å². The molecule has 0 aromatic rings. The van der Waals surface area contributed by atoms with Crippen LogP contribution < -0.4 is 5.32 Å². The Labute approximate surface area is 93.9 Å². The fraction of sp³-hybridized carbons (Fsp3) is 0.889. The zero-order chi connectivity index (χ0) is 11.0. The minimum Gasteiger partial charge on any atom is -0.299 e. The third kappa shape index (κ3) is 4.00. The maximum Gasteiger partial charge on any atom is 0.108 e. The van der Waals surface area contributed by atoms with Gasteiger partial charge < -0.3 is 0 Å². The van der Waals surface area contributed by atoms with E-state index in [1.165, 1.54) is 0 Å². The van der Waals surface area contributed by atoms with E-state index in [2.05, 4.69) is 21.4 Å². The molecule has 1 N–H and O–H groups in total. The molecule has 0 bridgehead atoms. The smallest absolute Gasteiger partial charge is 0.108 e. The van der Waals surface area contributed by atoms with Crippen LogP contribution in [0.1, 0.15) is 19.3 Å². The molecule has 1 heterocycles. The van der Waals surface area contributed by atoms with Crippen molar-refractivity contribution in [2.24, 2.45) is 5.11 Å². The molecular formula is C9H15N5S. The summed E-state index contributed by atoms with van der Waals surface area (Å²) in [5.74, 6) is 2.10. The summed E-state index contributed by atoms with van der Waals surface area (Å²) in [4.78, 5) is 2.69. The standard InChI is InChI=1S/C9H15N5S/c10-8-9(2-6-15-7-3-9)12-4-1-5-13-14-11/h12H,1-7H2. The van der Waals surface area contributed by atoms with Crippen molar-refractivity contribution in [3.63, 3.8) is 0 Å². The van der Waals surface area contributed by atoms with Crippen LogP contribution in [0.4, 0.5) is 0 Å². The molecule has 0 spiro atoms. The second kappa shape index (κ2) is 6.57. The van der Waals surface area contributed by atoms with E-state index in [0.29, 0.717) is 6.54 Å². The number of hydrogen-bond donors (Lipinski definition) is 1. The Bertz CT molecular complexity index is 273. The Morgan fingerprint density at radius 1 is 1.53 bits per heavy atom. The van der Waals surface area contributed by atoms with Crippen LogP contribution in [0.15, 0.2) is 5.11 Å². The first-order valence-electron chi connectivity index (χ1n) is 5.08. The van der Waals surface area contributed by atoms with E-state index < -0.39 is 0 Å². The summed E-state index contributed by atoms with van der Waals surface area (Å²) >= 11 is 1.90. The topological polar surface area (TPSA) is 84.6 Å². The van der Waals surface area contributed by atoms with Crippen molar-refractivity contribution in [1.29, 1.82) is 5.26 Å². The summed E-state index contributed by atoms with van der Waals surface area (Å²) in [5, 5.41) is 15.9. The van der Waals surface area contributed by atoms with Crippen molar-refractivity contribution < 1.29 is 0 Å². The van der Waals surface area contributed by atoms with Crippen molar-refractivity contribution in [3.8, 4) is 6.07 Å². The lowest BCUT2D eigenvalue weighted by Gasteiger charge is -2.31. The maximum absolute atomic E-state index is 9.14. The van der Waals surface area contributed by atoms with E-state index in [9.17, 15) is 0 Å². The molecule has 1 saturated heterocycles. The van der Waals surface area contributed by atoms with Gasteiger partial charge in [0.15, 0.2) is 0 Å². The van der Waals surface area contributed by atoms with Gasteiger partial charge in [0.1, 0.15) is 5.54 Å². The van der Waals surface area contributed by atoms with Crippen LogP contribution in [0.3, 0.4) is 0 Å². The predicted octanol–water partition coefficient (Wildman–Crippen LogP) is 2.07. The van der Waals surface area contributed by atoms with Crippen LogP contribution in [0.2, 0.25) is 0 Å². The summed E-state index contributed by atoms with van der Waals surface area (Å²) < 4.78 is 0. The molecule has 0 saturated carbocycles. The average Bonchev–Trinajstić information content (AvgIpc) is 2.30. The molecule has 0 radical (unpaired) electrons. The van der Waals surface area contributed by atoms with Crippen molar-refractivity contribution in [2.75, 3.05) is 24.6 Å². The molecule has 5 nitrogen and oxygen atoms in total. The molecule has 15 heavy (non-hydrogen) atoms. The molecule has 1 fully saturated rings. The average molecular weight is 225 g/mol. The van der Waals surface area contributed by atoms with Crippen LogP contribution in [-0.4, -0.2) is 30.1 Å². The molecule has 0 aliphatic carbocycles. The van der Waals surface area contributed by atoms with E-state index in [-0.39, 0.29) is 5.54 Å². The van der Waals surface area contributed by atoms with Gasteiger partial charge in [-0.05, 0) is 42.8 Å². The highest BCUT2D eigenvalue weighted by molar-refractivity contribution is 7.99. The number of azide groups is 1. The number of thioether (sulfide) groups is 1. The molecule has 0 amide bonds. The minimum atomic E-state index is -0.332. The van der Waals surface area contributed by atoms with E-state index in [4.69, 9.17) is 10.8 Å². The lowest BCUT2D eigenvalue weighted by molar-refractivity contribution is 0.384. The molecule has 82 valence electrons. The van der Waals surface area contributed by atoms with Gasteiger partial charge in [0.25, 0.3) is 0 Å². The molecular weight excluding hydrogens is 210 g/mol. The Kier molecular flexibility index (Phi) is 5.33. The largest absolute Gasteiger partial charge is 0.299 e. The van der Waals surface area contributed by atoms with Gasteiger partial charge in [0.05, 0.1) is 6.07 Å². The highest BCUT2D eigenvalue weighted by Crippen LogP contribution is 2.26. The zero-order valence-electron chi connectivity index (χ0n) is 8.65. The first-order valence-corrected chi connectivity index (χ1v) is 6.23. The third-order valence-electron chi connectivity index (χ3n) is 2.52. The minimum absolute atomic E-state index is 0.332. The first-order chi connectivity index (χ1) is 7.33. The van der Waals surface area contributed by atoms with Gasteiger partial charge in [-0.3, -0.25) is 5.32 Å². The van der Waals surface area contributed by atoms with Crippen LogP contribution >= 0.6 is 11.8 Å². The Morgan fingerprint density at radius 2 is 2.27 bits per heavy atom. The molecule has 6 heteroatoms. The quantitative estimate of drug-likeness (QED) is 0.336. The lowest BCUT2D eigenvalue weighted by Crippen LogP contribution is -2.47. The van der Waals surface area contributed by atoms with Crippen LogP contribution in [0.25, 0.3) is 10.4 Å². The second-order valence-corrected chi connectivity index (χ2v) is 4.77. The number of hydrogen-bond acceptors (Lipinski definition) is 4. The Hall–Kier alpha value is -0.890. The molecule has 0 unspecified atom stereocenters. The van der Waals surface area contributed by atoms with Gasteiger partial charge in [-0.1, -0.05) is 5.11 Å². The van der Waals surface area contributed by atoms with Crippen molar-refractivity contribution in [2.45, 2.75) is 24.8 Å². The summed E-state index contributed by atoms with van der Waals surface area (Å²) in [7, 11) is 0. The van der Waals surface area contributed by atoms with Gasteiger partial charge in [-0.15, -0.1) is 0 Å². The fourth-order valence-electron chi connectivity index (χ4n) is 1.57. The second-order valence-electron chi connectivity index (χ2n) is 3.54. The van der Waals surface area contributed by atoms with Crippen molar-refractivity contribution >= 4 is 11.8 Å². The monoisotopic (exact) mass is 225 g/mol. The lowest BCUT2D eigenvalue weighted by atomic mass is 9.94. The van der Waals surface area contributed by atoms with Gasteiger partial charge >= 0.3 is 0 Å². The van der Waals surface area contributed by atoms with Crippen LogP contribution in [-0.2, 0) is 0 Å². The van der Waals surface area contributed by atoms with Gasteiger partial charge in [0.2, 0.25) is 0 Å². The predicted molar refractivity (Wildman–Crippen MR) is 61.5 cm³/mol. The zero-order valence-corrected chi connectivity index (χ0v) is 9.46. The number of nitrogens with zero attached hydrogens (tertiary/aromatic N) is 4. The Balaban J connectivity index is 2.27. The summed E-state index contributed by atoms with van der Waals surface area (Å²) in [6.45, 7) is 1.25. The Morgan fingerprint density at radius 3 is 2.87 bits per heavy atom. The SMILES string of the molecule is N#CC1(NCCCN=[N+]=[N-])CCSCC1. The molecule has 1 aliphatic heterocycles. The molecule has 0 aromatic heterocycles.